The standard InChI is InChI=1S/C39H59N7O7/c1-21(2)29(40)36(50)46-31(23(5)6)37(51)42-27(19-25-15-11-9-12-16-25)33(47)39(53)43-28(20-26-17-13-10-14-18-26)35(49)45-32(24(7)8)38(52)44-30(22(3)4)34(41)48/h9-18,21-24,27-33,47H,19-20,40H2,1-8H3,(H2,41,48)(H,42,51)(H,43,53)(H,44,52)(H,45,49)(H,46,50)/t27-,28-,29-,30-,31-,32-,33+/m0/s1. The van der Waals surface area contributed by atoms with Crippen LogP contribution in [0.3, 0.4) is 0 Å². The summed E-state index contributed by atoms with van der Waals surface area (Å²) in [6, 6.07) is 11.4. The quantitative estimate of drug-likeness (QED) is 0.0961. The number of benzene rings is 2. The van der Waals surface area contributed by atoms with Crippen molar-refractivity contribution in [2.24, 2.45) is 35.1 Å². The van der Waals surface area contributed by atoms with E-state index >= 15 is 0 Å². The van der Waals surface area contributed by atoms with E-state index in [2.05, 4.69) is 26.6 Å². The molecule has 292 valence electrons. The minimum atomic E-state index is -1.85. The van der Waals surface area contributed by atoms with Crippen LogP contribution in [-0.4, -0.2) is 82.9 Å². The highest BCUT2D eigenvalue weighted by Crippen LogP contribution is 2.13. The first-order valence-electron chi connectivity index (χ1n) is 18.2. The summed E-state index contributed by atoms with van der Waals surface area (Å²) in [6.07, 6.45) is -1.81. The fourth-order valence-electron chi connectivity index (χ4n) is 5.57. The van der Waals surface area contributed by atoms with Gasteiger partial charge in [-0.05, 0) is 41.2 Å². The Hall–Kier alpha value is -4.82. The summed E-state index contributed by atoms with van der Waals surface area (Å²) >= 11 is 0. The average molecular weight is 738 g/mol. The SMILES string of the molecule is CC(C)[C@H](N)C(=O)N[C@H](C(=O)N[C@@H](Cc1ccccc1)[C@@H](O)C(=O)N[C@@H](Cc1ccccc1)C(=O)N[C@H](C(=O)N[C@H](C(N)=O)C(C)C)C(C)C)C(C)C. The number of rotatable bonds is 20. The number of hydrogen-bond acceptors (Lipinski definition) is 8. The van der Waals surface area contributed by atoms with Gasteiger partial charge in [0, 0.05) is 6.42 Å². The third kappa shape index (κ3) is 13.9. The van der Waals surface area contributed by atoms with Gasteiger partial charge >= 0.3 is 0 Å². The molecule has 0 aromatic heterocycles. The van der Waals surface area contributed by atoms with E-state index in [4.69, 9.17) is 11.5 Å². The van der Waals surface area contributed by atoms with Gasteiger partial charge in [0.2, 0.25) is 29.5 Å². The number of nitrogens with one attached hydrogen (secondary N) is 5. The summed E-state index contributed by atoms with van der Waals surface area (Å²) in [5.41, 5.74) is 12.9. The second-order valence-corrected chi connectivity index (χ2v) is 14.9. The van der Waals surface area contributed by atoms with Gasteiger partial charge in [0.05, 0.1) is 12.1 Å². The number of nitrogens with two attached hydrogens (primary N) is 2. The Kier molecular flexibility index (Phi) is 17.6. The Balaban J connectivity index is 2.41. The van der Waals surface area contributed by atoms with Crippen LogP contribution in [0.4, 0.5) is 0 Å². The number of carbonyl (C=O) groups is 6. The van der Waals surface area contributed by atoms with E-state index in [0.717, 1.165) is 0 Å². The smallest absolute Gasteiger partial charge is 0.251 e. The van der Waals surface area contributed by atoms with E-state index < -0.39 is 83.7 Å². The van der Waals surface area contributed by atoms with Crippen LogP contribution in [0.25, 0.3) is 0 Å². The van der Waals surface area contributed by atoms with Crippen molar-refractivity contribution in [3.63, 3.8) is 0 Å². The van der Waals surface area contributed by atoms with Crippen molar-refractivity contribution in [3.8, 4) is 0 Å². The van der Waals surface area contributed by atoms with Crippen LogP contribution < -0.4 is 38.1 Å². The van der Waals surface area contributed by atoms with Gasteiger partial charge in [-0.3, -0.25) is 28.8 Å². The molecule has 2 aromatic rings. The Morgan fingerprint density at radius 1 is 0.528 bits per heavy atom. The van der Waals surface area contributed by atoms with Crippen molar-refractivity contribution in [2.75, 3.05) is 0 Å². The maximum Gasteiger partial charge on any atom is 0.251 e. The van der Waals surface area contributed by atoms with Crippen molar-refractivity contribution in [1.29, 1.82) is 0 Å². The fourth-order valence-corrected chi connectivity index (χ4v) is 5.57. The van der Waals surface area contributed by atoms with E-state index in [1.165, 1.54) is 0 Å². The van der Waals surface area contributed by atoms with Crippen LogP contribution in [0.15, 0.2) is 60.7 Å². The molecule has 14 nitrogen and oxygen atoms in total. The molecule has 2 aromatic carbocycles. The van der Waals surface area contributed by atoms with E-state index in [9.17, 15) is 33.9 Å². The fraction of sp³-hybridized carbons (Fsp3) is 0.538. The molecule has 0 aliphatic rings. The predicted molar refractivity (Wildman–Crippen MR) is 202 cm³/mol. The van der Waals surface area contributed by atoms with Crippen LogP contribution in [0, 0.1) is 23.7 Å². The predicted octanol–water partition coefficient (Wildman–Crippen LogP) is 0.693. The second kappa shape index (κ2) is 21.0. The first-order valence-corrected chi connectivity index (χ1v) is 18.2. The van der Waals surface area contributed by atoms with E-state index in [0.29, 0.717) is 11.1 Å². The second-order valence-electron chi connectivity index (χ2n) is 14.9. The number of carbonyl (C=O) groups excluding carboxylic acids is 6. The van der Waals surface area contributed by atoms with Crippen LogP contribution in [0.1, 0.15) is 66.5 Å². The monoisotopic (exact) mass is 737 g/mol. The summed E-state index contributed by atoms with van der Waals surface area (Å²) in [6.45, 7) is 13.9. The topological polar surface area (TPSA) is 235 Å². The van der Waals surface area contributed by atoms with Crippen LogP contribution >= 0.6 is 0 Å². The highest BCUT2D eigenvalue weighted by atomic mass is 16.3. The summed E-state index contributed by atoms with van der Waals surface area (Å²) in [7, 11) is 0. The molecule has 0 spiro atoms. The third-order valence-corrected chi connectivity index (χ3v) is 8.98. The first-order chi connectivity index (χ1) is 24.8. The number of aliphatic hydroxyl groups excluding tert-OH is 1. The summed E-state index contributed by atoms with van der Waals surface area (Å²) in [5.74, 6) is -5.42. The lowest BCUT2D eigenvalue weighted by molar-refractivity contribution is -0.138. The van der Waals surface area contributed by atoms with Crippen molar-refractivity contribution in [3.05, 3.63) is 71.8 Å². The maximum absolute atomic E-state index is 13.9. The number of amides is 6. The highest BCUT2D eigenvalue weighted by molar-refractivity contribution is 5.95. The number of aliphatic hydroxyl groups is 1. The molecule has 6 amide bonds. The zero-order valence-corrected chi connectivity index (χ0v) is 32.1. The van der Waals surface area contributed by atoms with Gasteiger partial charge < -0.3 is 43.2 Å². The molecule has 10 N–H and O–H groups in total. The Morgan fingerprint density at radius 3 is 1.38 bits per heavy atom. The molecule has 0 saturated carbocycles. The molecule has 0 radical (unpaired) electrons. The van der Waals surface area contributed by atoms with E-state index in [1.807, 2.05) is 0 Å². The molecule has 2 rings (SSSR count). The molecule has 0 aliphatic carbocycles. The molecule has 53 heavy (non-hydrogen) atoms. The summed E-state index contributed by atoms with van der Waals surface area (Å²) < 4.78 is 0. The van der Waals surface area contributed by atoms with Gasteiger partial charge in [0.15, 0.2) is 6.10 Å². The normalized spacial score (nSPS) is 15.4. The Morgan fingerprint density at radius 2 is 0.943 bits per heavy atom. The lowest BCUT2D eigenvalue weighted by atomic mass is 9.96. The van der Waals surface area contributed by atoms with Crippen molar-refractivity contribution in [2.45, 2.75) is 111 Å². The van der Waals surface area contributed by atoms with Gasteiger partial charge in [-0.15, -0.1) is 0 Å². The van der Waals surface area contributed by atoms with Gasteiger partial charge in [0.25, 0.3) is 5.91 Å². The largest absolute Gasteiger partial charge is 0.381 e. The Labute approximate surface area is 313 Å². The minimum absolute atomic E-state index is 0.000739. The molecular formula is C39H59N7O7. The van der Waals surface area contributed by atoms with Gasteiger partial charge in [-0.2, -0.15) is 0 Å². The molecule has 0 saturated heterocycles. The molecule has 0 heterocycles. The lowest BCUT2D eigenvalue weighted by Gasteiger charge is -2.30. The molecular weight excluding hydrogens is 678 g/mol. The van der Waals surface area contributed by atoms with Gasteiger partial charge in [-0.25, -0.2) is 0 Å². The van der Waals surface area contributed by atoms with E-state index in [1.54, 1.807) is 116 Å². The van der Waals surface area contributed by atoms with Gasteiger partial charge in [-0.1, -0.05) is 116 Å². The summed E-state index contributed by atoms with van der Waals surface area (Å²) in [5, 5.41) is 24.9. The number of primary amides is 1. The van der Waals surface area contributed by atoms with Crippen molar-refractivity contribution in [1.82, 2.24) is 26.6 Å². The third-order valence-electron chi connectivity index (χ3n) is 8.98. The van der Waals surface area contributed by atoms with Crippen LogP contribution in [0.5, 0.6) is 0 Å². The Bertz CT molecular complexity index is 1520. The number of hydrogen-bond donors (Lipinski definition) is 8. The molecule has 0 unspecified atom stereocenters. The van der Waals surface area contributed by atoms with Crippen molar-refractivity contribution < 1.29 is 33.9 Å². The van der Waals surface area contributed by atoms with Crippen molar-refractivity contribution >= 4 is 35.4 Å². The average Bonchev–Trinajstić information content (AvgIpc) is 3.10. The zero-order valence-electron chi connectivity index (χ0n) is 32.1. The molecule has 0 fully saturated rings. The van der Waals surface area contributed by atoms with Crippen LogP contribution in [-0.2, 0) is 41.6 Å². The van der Waals surface area contributed by atoms with Gasteiger partial charge in [0.1, 0.15) is 24.2 Å². The highest BCUT2D eigenvalue weighted by Gasteiger charge is 2.36. The maximum atomic E-state index is 13.9. The van der Waals surface area contributed by atoms with E-state index in [-0.39, 0.29) is 30.6 Å². The first kappa shape index (κ1) is 44.3. The van der Waals surface area contributed by atoms with Crippen LogP contribution in [0.2, 0.25) is 0 Å². The minimum Gasteiger partial charge on any atom is -0.381 e. The molecule has 0 aliphatic heterocycles. The molecule has 7 atom stereocenters. The molecule has 14 heteroatoms. The lowest BCUT2D eigenvalue weighted by Crippen LogP contribution is -2.61. The zero-order chi connectivity index (χ0) is 40.0. The summed E-state index contributed by atoms with van der Waals surface area (Å²) in [4.78, 5) is 79.5. The molecule has 0 bridgehead atoms.